The van der Waals surface area contributed by atoms with Crippen molar-refractivity contribution >= 4 is 44.0 Å². The summed E-state index contributed by atoms with van der Waals surface area (Å²) in [6, 6.07) is 24.7. The van der Waals surface area contributed by atoms with Gasteiger partial charge in [-0.3, -0.25) is 0 Å². The van der Waals surface area contributed by atoms with Gasteiger partial charge in [0.1, 0.15) is 5.75 Å². The zero-order chi connectivity index (χ0) is 15.8. The van der Waals surface area contributed by atoms with Crippen molar-refractivity contribution in [3.8, 4) is 16.9 Å². The summed E-state index contributed by atoms with van der Waals surface area (Å²) in [6.07, 6.45) is 0. The van der Waals surface area contributed by atoms with Crippen LogP contribution in [0.4, 0.5) is 0 Å². The first-order chi connectivity index (χ1) is 11.3. The molecule has 0 aliphatic rings. The van der Waals surface area contributed by atoms with Gasteiger partial charge >= 0.3 is 0 Å². The first kappa shape index (κ1) is 14.6. The Morgan fingerprint density at radius 3 is 1.87 bits per heavy atom. The summed E-state index contributed by atoms with van der Waals surface area (Å²) < 4.78 is 0. The quantitative estimate of drug-likeness (QED) is 0.483. The van der Waals surface area contributed by atoms with E-state index < -0.39 is 0 Å². The maximum atomic E-state index is 10.6. The molecule has 1 N–H and O–H groups in total. The van der Waals surface area contributed by atoms with Crippen LogP contribution in [0.15, 0.2) is 72.8 Å². The Morgan fingerprint density at radius 1 is 0.652 bits per heavy atom. The lowest BCUT2D eigenvalue weighted by Gasteiger charge is -2.16. The Kier molecular flexibility index (Phi) is 3.77. The van der Waals surface area contributed by atoms with Crippen LogP contribution < -0.4 is 5.30 Å². The number of phenols is 1. The fourth-order valence-corrected chi connectivity index (χ4v) is 4.49. The maximum Gasteiger partial charge on any atom is 0.124 e. The van der Waals surface area contributed by atoms with E-state index in [4.69, 9.17) is 0 Å². The zero-order valence-corrected chi connectivity index (χ0v) is 14.6. The van der Waals surface area contributed by atoms with Gasteiger partial charge in [-0.15, -0.1) is 8.93 Å². The average Bonchev–Trinajstić information content (AvgIpc) is 2.61. The predicted molar refractivity (Wildman–Crippen MR) is 106 cm³/mol. The number of aromatic hydroxyl groups is 1. The summed E-state index contributed by atoms with van der Waals surface area (Å²) in [5.41, 5.74) is 2.08. The molecule has 0 aliphatic carbocycles. The molecule has 4 aromatic carbocycles. The molecule has 3 heteroatoms. The monoisotopic (exact) mass is 334 g/mol. The van der Waals surface area contributed by atoms with Gasteiger partial charge in [0.25, 0.3) is 0 Å². The molecule has 0 aliphatic heterocycles. The molecule has 4 rings (SSSR count). The van der Waals surface area contributed by atoms with E-state index in [9.17, 15) is 5.11 Å². The second-order valence-corrected chi connectivity index (χ2v) is 7.23. The molecule has 112 valence electrons. The van der Waals surface area contributed by atoms with Crippen molar-refractivity contribution in [3.05, 3.63) is 72.8 Å². The SMILES string of the molecule is Oc1ccc2ccccc2c1-c1c(PP)ccc2ccccc12. The highest BCUT2D eigenvalue weighted by molar-refractivity contribution is 8.07. The second kappa shape index (κ2) is 5.93. The number of benzene rings is 4. The molecule has 0 aromatic heterocycles. The molecule has 0 fully saturated rings. The summed E-state index contributed by atoms with van der Waals surface area (Å²) in [7, 11) is 3.42. The largest absolute Gasteiger partial charge is 0.507 e. The van der Waals surface area contributed by atoms with Crippen LogP contribution in [0.1, 0.15) is 0 Å². The van der Waals surface area contributed by atoms with E-state index in [1.807, 2.05) is 18.2 Å². The topological polar surface area (TPSA) is 20.2 Å². The van der Waals surface area contributed by atoms with Gasteiger partial charge in [0.05, 0.1) is 0 Å². The normalized spacial score (nSPS) is 11.7. The number of hydrogen-bond acceptors (Lipinski definition) is 1. The number of hydrogen-bond donors (Lipinski definition) is 1. The van der Waals surface area contributed by atoms with Crippen molar-refractivity contribution < 1.29 is 5.11 Å². The lowest BCUT2D eigenvalue weighted by Crippen LogP contribution is -2.00. The molecule has 0 bridgehead atoms. The Labute approximate surface area is 139 Å². The molecule has 0 spiro atoms. The smallest absolute Gasteiger partial charge is 0.124 e. The van der Waals surface area contributed by atoms with Crippen LogP contribution in [0.25, 0.3) is 32.7 Å². The van der Waals surface area contributed by atoms with Gasteiger partial charge in [-0.25, -0.2) is 0 Å². The molecule has 2 unspecified atom stereocenters. The molecule has 0 amide bonds. The minimum atomic E-state index is 0.338. The van der Waals surface area contributed by atoms with Crippen LogP contribution in [0.3, 0.4) is 0 Å². The first-order valence-electron chi connectivity index (χ1n) is 7.49. The standard InChI is InChI=1S/C20H16OP2/c21-17-11-9-13-5-1-3-7-15(13)19(17)20-16-8-4-2-6-14(16)10-12-18(20)23-22/h1-12,21,23H,22H2. The van der Waals surface area contributed by atoms with Crippen LogP contribution in [0.2, 0.25) is 0 Å². The Hall–Kier alpha value is -1.94. The van der Waals surface area contributed by atoms with E-state index in [1.54, 1.807) is 6.07 Å². The average molecular weight is 334 g/mol. The number of phenolic OH excluding ortho intramolecular Hbond substituents is 1. The van der Waals surface area contributed by atoms with Crippen molar-refractivity contribution in [1.29, 1.82) is 0 Å². The van der Waals surface area contributed by atoms with E-state index in [2.05, 4.69) is 57.5 Å². The number of rotatable bonds is 2. The van der Waals surface area contributed by atoms with E-state index >= 15 is 0 Å². The summed E-state index contributed by atoms with van der Waals surface area (Å²) in [4.78, 5) is 0. The molecule has 4 aromatic rings. The van der Waals surface area contributed by atoms with Crippen LogP contribution in [-0.4, -0.2) is 5.11 Å². The summed E-state index contributed by atoms with van der Waals surface area (Å²) in [5.74, 6) is 0.338. The molecule has 0 radical (unpaired) electrons. The third-order valence-corrected chi connectivity index (χ3v) is 5.90. The zero-order valence-electron chi connectivity index (χ0n) is 12.5. The Bertz CT molecular complexity index is 1020. The van der Waals surface area contributed by atoms with Crippen molar-refractivity contribution in [2.45, 2.75) is 0 Å². The van der Waals surface area contributed by atoms with Crippen molar-refractivity contribution in [3.63, 3.8) is 0 Å². The summed E-state index contributed by atoms with van der Waals surface area (Å²) in [6.45, 7) is 0. The molecule has 0 saturated heterocycles. The third kappa shape index (κ3) is 2.41. The van der Waals surface area contributed by atoms with Gasteiger partial charge in [0, 0.05) is 11.1 Å². The highest BCUT2D eigenvalue weighted by atomic mass is 32.0. The van der Waals surface area contributed by atoms with Gasteiger partial charge in [-0.2, -0.15) is 0 Å². The Balaban J connectivity index is 2.21. The third-order valence-electron chi connectivity index (χ3n) is 4.24. The van der Waals surface area contributed by atoms with Crippen molar-refractivity contribution in [2.24, 2.45) is 0 Å². The van der Waals surface area contributed by atoms with Gasteiger partial charge in [0.15, 0.2) is 0 Å². The van der Waals surface area contributed by atoms with Crippen LogP contribution >= 0.6 is 17.2 Å². The lowest BCUT2D eigenvalue weighted by atomic mass is 9.93. The summed E-state index contributed by atoms with van der Waals surface area (Å²) in [5, 5.41) is 16.5. The Morgan fingerprint density at radius 2 is 1.22 bits per heavy atom. The highest BCUT2D eigenvalue weighted by Gasteiger charge is 2.15. The number of fused-ring (bicyclic) bond motifs is 2. The predicted octanol–water partition coefficient (Wildman–Crippen LogP) is 5.46. The van der Waals surface area contributed by atoms with E-state index in [0.29, 0.717) is 14.0 Å². The van der Waals surface area contributed by atoms with Crippen molar-refractivity contribution in [2.75, 3.05) is 0 Å². The fraction of sp³-hybridized carbons (Fsp3) is 0. The van der Waals surface area contributed by atoms with Crippen LogP contribution in [0, 0.1) is 0 Å². The minimum absolute atomic E-state index is 0.338. The highest BCUT2D eigenvalue weighted by Crippen LogP contribution is 2.41. The molecule has 2 atom stereocenters. The molecule has 0 saturated carbocycles. The van der Waals surface area contributed by atoms with Crippen LogP contribution in [0.5, 0.6) is 5.75 Å². The molecule has 23 heavy (non-hydrogen) atoms. The lowest BCUT2D eigenvalue weighted by molar-refractivity contribution is 0.478. The van der Waals surface area contributed by atoms with Gasteiger partial charge < -0.3 is 5.11 Å². The van der Waals surface area contributed by atoms with Gasteiger partial charge in [-0.1, -0.05) is 75.0 Å². The maximum absolute atomic E-state index is 10.6. The second-order valence-electron chi connectivity index (χ2n) is 5.53. The molecular formula is C20H16OP2. The van der Waals surface area contributed by atoms with Crippen molar-refractivity contribution in [1.82, 2.24) is 0 Å². The van der Waals surface area contributed by atoms with E-state index in [1.165, 1.54) is 16.1 Å². The minimum Gasteiger partial charge on any atom is -0.507 e. The molecule has 1 nitrogen and oxygen atoms in total. The molecular weight excluding hydrogens is 318 g/mol. The summed E-state index contributed by atoms with van der Waals surface area (Å²) >= 11 is 0. The van der Waals surface area contributed by atoms with Crippen LogP contribution in [-0.2, 0) is 0 Å². The van der Waals surface area contributed by atoms with Gasteiger partial charge in [0.2, 0.25) is 0 Å². The molecule has 0 heterocycles. The van der Waals surface area contributed by atoms with E-state index in [-0.39, 0.29) is 0 Å². The first-order valence-corrected chi connectivity index (χ1v) is 10.3. The fourth-order valence-electron chi connectivity index (χ4n) is 3.18. The van der Waals surface area contributed by atoms with Gasteiger partial charge in [-0.05, 0) is 32.9 Å². The van der Waals surface area contributed by atoms with E-state index in [0.717, 1.165) is 21.9 Å².